The molecule has 8 heteroatoms. The molecule has 3 aromatic carbocycles. The van der Waals surface area contributed by atoms with Gasteiger partial charge in [0.2, 0.25) is 0 Å². The topological polar surface area (TPSA) is 76.7 Å². The maximum atomic E-state index is 12.1. The summed E-state index contributed by atoms with van der Waals surface area (Å²) >= 11 is 6.82. The second kappa shape index (κ2) is 9.07. The molecule has 0 saturated carbocycles. The zero-order valence-corrected chi connectivity index (χ0v) is 18.0. The molecule has 0 spiro atoms. The van der Waals surface area contributed by atoms with Crippen molar-refractivity contribution in [2.45, 2.75) is 0 Å². The third kappa shape index (κ3) is 4.63. The van der Waals surface area contributed by atoms with Gasteiger partial charge in [-0.15, -0.1) is 0 Å². The summed E-state index contributed by atoms with van der Waals surface area (Å²) in [6.45, 7) is -0.247. The Bertz CT molecular complexity index is 1040. The third-order valence-electron chi connectivity index (χ3n) is 3.92. The SMILES string of the molecule is COc1ccc(C(=O)NNC(=O)COc2ccc3ccccc3c2Br)cc1Br. The second-order valence-corrected chi connectivity index (χ2v) is 7.39. The predicted molar refractivity (Wildman–Crippen MR) is 113 cm³/mol. The van der Waals surface area contributed by atoms with Gasteiger partial charge in [-0.3, -0.25) is 20.4 Å². The summed E-state index contributed by atoms with van der Waals surface area (Å²) in [5.41, 5.74) is 5.05. The lowest BCUT2D eigenvalue weighted by atomic mass is 10.1. The van der Waals surface area contributed by atoms with Gasteiger partial charge >= 0.3 is 0 Å². The van der Waals surface area contributed by atoms with Gasteiger partial charge in [0.25, 0.3) is 11.8 Å². The van der Waals surface area contributed by atoms with Crippen LogP contribution >= 0.6 is 31.9 Å². The van der Waals surface area contributed by atoms with E-state index >= 15 is 0 Å². The van der Waals surface area contributed by atoms with Crippen molar-refractivity contribution in [1.82, 2.24) is 10.9 Å². The maximum Gasteiger partial charge on any atom is 0.276 e. The van der Waals surface area contributed by atoms with Crippen LogP contribution in [0.15, 0.2) is 63.5 Å². The van der Waals surface area contributed by atoms with Crippen LogP contribution in [0.2, 0.25) is 0 Å². The summed E-state index contributed by atoms with van der Waals surface area (Å²) in [6, 6.07) is 16.4. The molecule has 0 aliphatic carbocycles. The van der Waals surface area contributed by atoms with E-state index in [2.05, 4.69) is 42.7 Å². The van der Waals surface area contributed by atoms with E-state index in [0.717, 1.165) is 15.2 Å². The number of hydrogen-bond acceptors (Lipinski definition) is 4. The van der Waals surface area contributed by atoms with E-state index in [1.165, 1.54) is 7.11 Å². The lowest BCUT2D eigenvalue weighted by Crippen LogP contribution is -2.43. The Morgan fingerprint density at radius 1 is 0.964 bits per heavy atom. The molecule has 0 aliphatic heterocycles. The van der Waals surface area contributed by atoms with Crippen LogP contribution in [0.1, 0.15) is 10.4 Å². The molecular weight excluding hydrogens is 492 g/mol. The molecule has 28 heavy (non-hydrogen) atoms. The number of rotatable bonds is 5. The van der Waals surface area contributed by atoms with Crippen molar-refractivity contribution in [2.75, 3.05) is 13.7 Å². The molecule has 0 radical (unpaired) electrons. The van der Waals surface area contributed by atoms with E-state index in [1.807, 2.05) is 30.3 Å². The Kier molecular flexibility index (Phi) is 6.53. The smallest absolute Gasteiger partial charge is 0.276 e. The number of carbonyl (C=O) groups excluding carboxylic acids is 2. The Hall–Kier alpha value is -2.58. The summed E-state index contributed by atoms with van der Waals surface area (Å²) in [5.74, 6) is 0.207. The molecule has 3 aromatic rings. The molecule has 0 bridgehead atoms. The van der Waals surface area contributed by atoms with Crippen molar-refractivity contribution in [3.05, 3.63) is 69.1 Å². The zero-order valence-electron chi connectivity index (χ0n) is 14.8. The van der Waals surface area contributed by atoms with Gasteiger partial charge in [0.15, 0.2) is 6.61 Å². The number of carbonyl (C=O) groups is 2. The van der Waals surface area contributed by atoms with Crippen molar-refractivity contribution < 1.29 is 19.1 Å². The summed E-state index contributed by atoms with van der Waals surface area (Å²) < 4.78 is 12.1. The number of ether oxygens (including phenoxy) is 2. The molecule has 6 nitrogen and oxygen atoms in total. The average molecular weight is 508 g/mol. The van der Waals surface area contributed by atoms with Gasteiger partial charge in [0.1, 0.15) is 11.5 Å². The Morgan fingerprint density at radius 3 is 2.46 bits per heavy atom. The lowest BCUT2D eigenvalue weighted by Gasteiger charge is -2.11. The van der Waals surface area contributed by atoms with E-state index in [1.54, 1.807) is 24.3 Å². The van der Waals surface area contributed by atoms with Crippen LogP contribution in [0.4, 0.5) is 0 Å². The molecule has 3 rings (SSSR count). The molecular formula is C20H16Br2N2O4. The fraction of sp³-hybridized carbons (Fsp3) is 0.100. The van der Waals surface area contributed by atoms with Gasteiger partial charge in [0, 0.05) is 5.56 Å². The van der Waals surface area contributed by atoms with Gasteiger partial charge in [-0.1, -0.05) is 30.3 Å². The molecule has 0 atom stereocenters. The maximum absolute atomic E-state index is 12.1. The van der Waals surface area contributed by atoms with Gasteiger partial charge < -0.3 is 9.47 Å². The largest absolute Gasteiger partial charge is 0.496 e. The van der Waals surface area contributed by atoms with Crippen molar-refractivity contribution in [3.63, 3.8) is 0 Å². The fourth-order valence-corrected chi connectivity index (χ4v) is 3.66. The van der Waals surface area contributed by atoms with Crippen molar-refractivity contribution in [1.29, 1.82) is 0 Å². The van der Waals surface area contributed by atoms with Crippen LogP contribution in [0, 0.1) is 0 Å². The number of amides is 2. The van der Waals surface area contributed by atoms with E-state index < -0.39 is 11.8 Å². The van der Waals surface area contributed by atoms with Crippen molar-refractivity contribution in [2.24, 2.45) is 0 Å². The summed E-state index contributed by atoms with van der Waals surface area (Å²) in [4.78, 5) is 24.1. The highest BCUT2D eigenvalue weighted by molar-refractivity contribution is 9.11. The highest BCUT2D eigenvalue weighted by Gasteiger charge is 2.12. The van der Waals surface area contributed by atoms with Gasteiger partial charge in [-0.25, -0.2) is 0 Å². The highest BCUT2D eigenvalue weighted by atomic mass is 79.9. The first-order valence-electron chi connectivity index (χ1n) is 8.22. The first-order chi connectivity index (χ1) is 13.5. The minimum Gasteiger partial charge on any atom is -0.496 e. The summed E-state index contributed by atoms with van der Waals surface area (Å²) in [5, 5.41) is 2.04. The number of hydrogen-bond donors (Lipinski definition) is 2. The molecule has 0 saturated heterocycles. The van der Waals surface area contributed by atoms with Crippen LogP contribution < -0.4 is 20.3 Å². The van der Waals surface area contributed by atoms with Crippen LogP contribution in [-0.2, 0) is 4.79 Å². The van der Waals surface area contributed by atoms with Crippen molar-refractivity contribution >= 4 is 54.4 Å². The number of fused-ring (bicyclic) bond motifs is 1. The minimum atomic E-state index is -0.485. The van der Waals surface area contributed by atoms with Gasteiger partial charge in [-0.2, -0.15) is 0 Å². The molecule has 0 heterocycles. The minimum absolute atomic E-state index is 0.247. The quantitative estimate of drug-likeness (QED) is 0.507. The number of methoxy groups -OCH3 is 1. The standard InChI is InChI=1S/C20H16Br2N2O4/c1-27-16-8-7-13(10-15(16)21)20(26)24-23-18(25)11-28-17-9-6-12-4-2-3-5-14(12)19(17)22/h2-10H,11H2,1H3,(H,23,25)(H,24,26). The summed E-state index contributed by atoms with van der Waals surface area (Å²) in [7, 11) is 1.54. The first kappa shape index (κ1) is 20.2. The highest BCUT2D eigenvalue weighted by Crippen LogP contribution is 2.33. The lowest BCUT2D eigenvalue weighted by molar-refractivity contribution is -0.123. The average Bonchev–Trinajstić information content (AvgIpc) is 2.71. The van der Waals surface area contributed by atoms with E-state index in [0.29, 0.717) is 21.5 Å². The Morgan fingerprint density at radius 2 is 1.71 bits per heavy atom. The summed E-state index contributed by atoms with van der Waals surface area (Å²) in [6.07, 6.45) is 0. The normalized spacial score (nSPS) is 10.4. The monoisotopic (exact) mass is 506 g/mol. The molecule has 0 aliphatic rings. The molecule has 2 amide bonds. The van der Waals surface area contributed by atoms with Crippen LogP contribution in [0.25, 0.3) is 10.8 Å². The molecule has 0 unspecified atom stereocenters. The number of nitrogens with one attached hydrogen (secondary N) is 2. The second-order valence-electron chi connectivity index (χ2n) is 5.74. The molecule has 0 aromatic heterocycles. The number of halogens is 2. The molecule has 2 N–H and O–H groups in total. The molecule has 144 valence electrons. The number of hydrazine groups is 1. The third-order valence-corrected chi connectivity index (χ3v) is 5.35. The van der Waals surface area contributed by atoms with Gasteiger partial charge in [0.05, 0.1) is 16.1 Å². The first-order valence-corrected chi connectivity index (χ1v) is 9.81. The van der Waals surface area contributed by atoms with E-state index in [9.17, 15) is 9.59 Å². The Labute approximate surface area is 178 Å². The van der Waals surface area contributed by atoms with Crippen LogP contribution in [0.3, 0.4) is 0 Å². The van der Waals surface area contributed by atoms with Gasteiger partial charge in [-0.05, 0) is 66.9 Å². The van der Waals surface area contributed by atoms with E-state index in [4.69, 9.17) is 9.47 Å². The van der Waals surface area contributed by atoms with Crippen LogP contribution in [0.5, 0.6) is 11.5 Å². The van der Waals surface area contributed by atoms with Crippen molar-refractivity contribution in [3.8, 4) is 11.5 Å². The van der Waals surface area contributed by atoms with E-state index in [-0.39, 0.29) is 6.61 Å². The molecule has 0 fully saturated rings. The Balaban J connectivity index is 1.55. The fourth-order valence-electron chi connectivity index (χ4n) is 2.51. The number of benzene rings is 3. The van der Waals surface area contributed by atoms with Crippen LogP contribution in [-0.4, -0.2) is 25.5 Å². The predicted octanol–water partition coefficient (Wildman–Crippen LogP) is 4.21. The zero-order chi connectivity index (χ0) is 20.1.